The minimum absolute atomic E-state index is 0.101. The predicted molar refractivity (Wildman–Crippen MR) is 73.4 cm³/mol. The van der Waals surface area contributed by atoms with Gasteiger partial charge in [0, 0.05) is 28.6 Å². The molecule has 1 N–H and O–H groups in total. The van der Waals surface area contributed by atoms with Gasteiger partial charge in [-0.05, 0) is 31.0 Å². The maximum absolute atomic E-state index is 13.7. The van der Waals surface area contributed by atoms with Crippen LogP contribution in [0.4, 0.5) is 4.39 Å². The molecule has 2 aromatic rings. The molecule has 0 amide bonds. The summed E-state index contributed by atoms with van der Waals surface area (Å²) in [7, 11) is 0. The highest BCUT2D eigenvalue weighted by molar-refractivity contribution is 7.98. The third kappa shape index (κ3) is 2.70. The quantitative estimate of drug-likeness (QED) is 0.859. The molecule has 0 radical (unpaired) electrons. The number of carboxylic acids is 1. The summed E-state index contributed by atoms with van der Waals surface area (Å²) >= 11 is 1.30. The molecule has 0 bridgehead atoms. The first-order chi connectivity index (χ1) is 9.65. The average molecular weight is 292 g/mol. The Morgan fingerprint density at radius 3 is 3.00 bits per heavy atom. The molecule has 1 heterocycles. The van der Waals surface area contributed by atoms with Crippen LogP contribution in [0.2, 0.25) is 0 Å². The van der Waals surface area contributed by atoms with Crippen molar-refractivity contribution in [1.29, 1.82) is 0 Å². The van der Waals surface area contributed by atoms with Gasteiger partial charge in [0.2, 0.25) is 0 Å². The van der Waals surface area contributed by atoms with Crippen LogP contribution in [0.3, 0.4) is 0 Å². The van der Waals surface area contributed by atoms with Gasteiger partial charge in [-0.1, -0.05) is 0 Å². The molecule has 20 heavy (non-hydrogen) atoms. The smallest absolute Gasteiger partial charge is 0.335 e. The van der Waals surface area contributed by atoms with Crippen molar-refractivity contribution in [3.8, 4) is 0 Å². The number of aromatic nitrogens is 2. The van der Waals surface area contributed by atoms with Gasteiger partial charge in [-0.2, -0.15) is 0 Å². The van der Waals surface area contributed by atoms with Crippen LogP contribution in [0.15, 0.2) is 35.6 Å². The number of carboxylic acid groups (broad SMARTS) is 1. The van der Waals surface area contributed by atoms with Crippen molar-refractivity contribution in [3.05, 3.63) is 47.8 Å². The van der Waals surface area contributed by atoms with Crippen molar-refractivity contribution in [2.45, 2.75) is 29.5 Å². The number of carbonyl (C=O) groups is 1. The summed E-state index contributed by atoms with van der Waals surface area (Å²) in [5.74, 6) is -0.858. The first-order valence-electron chi connectivity index (χ1n) is 6.31. The van der Waals surface area contributed by atoms with Gasteiger partial charge in [-0.25, -0.2) is 14.2 Å². The Hall–Kier alpha value is -1.82. The number of rotatable bonds is 5. The fraction of sp³-hybridized carbons (Fsp3) is 0.286. The SMILES string of the molecule is O=C(O)c1ccc(F)c(SCc2cncn2C2CC2)c1. The molecule has 1 fully saturated rings. The van der Waals surface area contributed by atoms with Gasteiger partial charge in [0.1, 0.15) is 5.82 Å². The monoisotopic (exact) mass is 292 g/mol. The van der Waals surface area contributed by atoms with Gasteiger partial charge in [0.05, 0.1) is 11.9 Å². The predicted octanol–water partition coefficient (Wildman–Crippen LogP) is 3.35. The van der Waals surface area contributed by atoms with Crippen LogP contribution in [-0.2, 0) is 5.75 Å². The Morgan fingerprint density at radius 2 is 2.30 bits per heavy atom. The van der Waals surface area contributed by atoms with Crippen LogP contribution in [0, 0.1) is 5.82 Å². The number of aromatic carboxylic acids is 1. The molecule has 1 aliphatic rings. The number of imidazole rings is 1. The van der Waals surface area contributed by atoms with Crippen LogP contribution in [0.5, 0.6) is 0 Å². The minimum atomic E-state index is -1.05. The van der Waals surface area contributed by atoms with Gasteiger partial charge in [-0.15, -0.1) is 11.8 Å². The summed E-state index contributed by atoms with van der Waals surface area (Å²) < 4.78 is 15.8. The van der Waals surface area contributed by atoms with Gasteiger partial charge in [0.15, 0.2) is 0 Å². The minimum Gasteiger partial charge on any atom is -0.478 e. The van der Waals surface area contributed by atoms with E-state index in [1.54, 1.807) is 12.5 Å². The molecule has 3 rings (SSSR count). The molecule has 0 unspecified atom stereocenters. The maximum atomic E-state index is 13.7. The van der Waals surface area contributed by atoms with Gasteiger partial charge in [0.25, 0.3) is 0 Å². The van der Waals surface area contributed by atoms with E-state index in [1.165, 1.54) is 30.0 Å². The maximum Gasteiger partial charge on any atom is 0.335 e. The van der Waals surface area contributed by atoms with Crippen LogP contribution < -0.4 is 0 Å². The van der Waals surface area contributed by atoms with Gasteiger partial charge in [-0.3, -0.25) is 0 Å². The molecule has 0 saturated heterocycles. The third-order valence-electron chi connectivity index (χ3n) is 3.24. The average Bonchev–Trinajstić information content (AvgIpc) is 3.17. The fourth-order valence-corrected chi connectivity index (χ4v) is 2.97. The van der Waals surface area contributed by atoms with Crippen LogP contribution in [0.25, 0.3) is 0 Å². The Kier molecular flexibility index (Phi) is 3.48. The van der Waals surface area contributed by atoms with E-state index in [-0.39, 0.29) is 5.56 Å². The Bertz CT molecular complexity index is 652. The normalized spacial score (nSPS) is 14.4. The van der Waals surface area contributed by atoms with E-state index >= 15 is 0 Å². The third-order valence-corrected chi connectivity index (χ3v) is 4.30. The van der Waals surface area contributed by atoms with Crippen molar-refractivity contribution in [3.63, 3.8) is 0 Å². The largest absolute Gasteiger partial charge is 0.478 e. The zero-order valence-corrected chi connectivity index (χ0v) is 11.4. The van der Waals surface area contributed by atoms with Crippen LogP contribution >= 0.6 is 11.8 Å². The molecule has 0 spiro atoms. The topological polar surface area (TPSA) is 55.1 Å². The highest BCUT2D eigenvalue weighted by Crippen LogP contribution is 2.37. The lowest BCUT2D eigenvalue weighted by molar-refractivity contribution is 0.0696. The Balaban J connectivity index is 1.75. The van der Waals surface area contributed by atoms with E-state index in [4.69, 9.17) is 5.11 Å². The van der Waals surface area contributed by atoms with Crippen molar-refractivity contribution in [2.24, 2.45) is 0 Å². The molecule has 6 heteroatoms. The molecule has 1 aromatic heterocycles. The second-order valence-electron chi connectivity index (χ2n) is 4.76. The van der Waals surface area contributed by atoms with E-state index < -0.39 is 11.8 Å². The molecular weight excluding hydrogens is 279 g/mol. The molecule has 0 aliphatic heterocycles. The molecule has 1 aromatic carbocycles. The van der Waals surface area contributed by atoms with Gasteiger partial charge >= 0.3 is 5.97 Å². The number of nitrogens with zero attached hydrogens (tertiary/aromatic N) is 2. The summed E-state index contributed by atoms with van der Waals surface area (Å²) in [6.45, 7) is 0. The van der Waals surface area contributed by atoms with Crippen molar-refractivity contribution in [2.75, 3.05) is 0 Å². The zero-order valence-electron chi connectivity index (χ0n) is 10.6. The summed E-state index contributed by atoms with van der Waals surface area (Å²) in [5.41, 5.74) is 1.14. The molecular formula is C14H13FN2O2S. The lowest BCUT2D eigenvalue weighted by Crippen LogP contribution is -1.99. The van der Waals surface area contributed by atoms with Gasteiger partial charge < -0.3 is 9.67 Å². The van der Waals surface area contributed by atoms with E-state index in [0.29, 0.717) is 16.7 Å². The molecule has 104 valence electrons. The van der Waals surface area contributed by atoms with Crippen molar-refractivity contribution < 1.29 is 14.3 Å². The molecule has 4 nitrogen and oxygen atoms in total. The highest BCUT2D eigenvalue weighted by Gasteiger charge is 2.25. The summed E-state index contributed by atoms with van der Waals surface area (Å²) in [4.78, 5) is 15.4. The van der Waals surface area contributed by atoms with Crippen LogP contribution in [0.1, 0.15) is 34.9 Å². The van der Waals surface area contributed by atoms with Crippen LogP contribution in [-0.4, -0.2) is 20.6 Å². The molecule has 1 saturated carbocycles. The standard InChI is InChI=1S/C14H13FN2O2S/c15-12-4-1-9(14(18)19)5-13(12)20-7-11-6-16-8-17(11)10-2-3-10/h1,4-6,8,10H,2-3,7H2,(H,18,19). The van der Waals surface area contributed by atoms with E-state index in [9.17, 15) is 9.18 Å². The fourth-order valence-electron chi connectivity index (χ4n) is 2.02. The number of hydrogen-bond acceptors (Lipinski definition) is 3. The summed E-state index contributed by atoms with van der Waals surface area (Å²) in [5, 5.41) is 8.93. The number of thioether (sulfide) groups is 1. The number of halogens is 1. The summed E-state index contributed by atoms with van der Waals surface area (Å²) in [6, 6.07) is 4.38. The number of hydrogen-bond donors (Lipinski definition) is 1. The first-order valence-corrected chi connectivity index (χ1v) is 7.30. The lowest BCUT2D eigenvalue weighted by atomic mass is 10.2. The second-order valence-corrected chi connectivity index (χ2v) is 5.78. The van der Waals surface area contributed by atoms with E-state index in [2.05, 4.69) is 9.55 Å². The number of benzene rings is 1. The van der Waals surface area contributed by atoms with Crippen molar-refractivity contribution >= 4 is 17.7 Å². The molecule has 1 aliphatic carbocycles. The lowest BCUT2D eigenvalue weighted by Gasteiger charge is -2.07. The Labute approximate surface area is 119 Å². The Morgan fingerprint density at radius 1 is 1.50 bits per heavy atom. The summed E-state index contributed by atoms with van der Waals surface area (Å²) in [6.07, 6.45) is 5.91. The highest BCUT2D eigenvalue weighted by atomic mass is 32.2. The van der Waals surface area contributed by atoms with Crippen molar-refractivity contribution in [1.82, 2.24) is 9.55 Å². The first kappa shape index (κ1) is 13.2. The van der Waals surface area contributed by atoms with E-state index in [1.807, 2.05) is 0 Å². The molecule has 0 atom stereocenters. The zero-order chi connectivity index (χ0) is 14.1. The second kappa shape index (κ2) is 5.28. The van der Waals surface area contributed by atoms with E-state index in [0.717, 1.165) is 18.5 Å².